The van der Waals surface area contributed by atoms with Crippen LogP contribution in [0.2, 0.25) is 0 Å². The minimum absolute atomic E-state index is 0.000734. The fourth-order valence-corrected chi connectivity index (χ4v) is 4.98. The van der Waals surface area contributed by atoms with Gasteiger partial charge in [-0.25, -0.2) is 0 Å². The Balaban J connectivity index is 1.57. The van der Waals surface area contributed by atoms with Crippen molar-refractivity contribution in [2.24, 2.45) is 0 Å². The van der Waals surface area contributed by atoms with Gasteiger partial charge in [-0.1, -0.05) is 25.1 Å². The lowest BCUT2D eigenvalue weighted by Gasteiger charge is -2.21. The Labute approximate surface area is 194 Å². The van der Waals surface area contributed by atoms with Crippen LogP contribution in [0.3, 0.4) is 0 Å². The molecule has 1 aromatic carbocycles. The van der Waals surface area contributed by atoms with Crippen LogP contribution in [0.25, 0.3) is 0 Å². The monoisotopic (exact) mass is 456 g/mol. The molecule has 1 aromatic heterocycles. The molecule has 32 heavy (non-hydrogen) atoms. The van der Waals surface area contributed by atoms with Crippen LogP contribution < -0.4 is 10.1 Å². The standard InChI is InChI=1S/C25H32N2O4S/c1-4-21(26-24(29)12-11-22(28)20-15-17(2)32-18(20)3)19-9-5-6-10-23(19)31-16-25(30)27-13-7-8-14-27/h5-6,9-10,15,21H,4,7-8,11-14,16H2,1-3H3,(H,26,29). The molecular formula is C25H32N2O4S. The van der Waals surface area contributed by atoms with E-state index in [1.54, 1.807) is 11.3 Å². The predicted molar refractivity (Wildman–Crippen MR) is 126 cm³/mol. The van der Waals surface area contributed by atoms with Crippen LogP contribution in [-0.4, -0.2) is 42.2 Å². The molecule has 0 aliphatic carbocycles. The molecular weight excluding hydrogens is 424 g/mol. The zero-order valence-corrected chi connectivity index (χ0v) is 19.9. The molecule has 0 bridgehead atoms. The minimum atomic E-state index is -0.249. The van der Waals surface area contributed by atoms with Crippen molar-refractivity contribution in [1.82, 2.24) is 10.2 Å². The number of hydrogen-bond acceptors (Lipinski definition) is 5. The Morgan fingerprint density at radius 1 is 1.12 bits per heavy atom. The van der Waals surface area contributed by atoms with Crippen molar-refractivity contribution in [2.75, 3.05) is 19.7 Å². The van der Waals surface area contributed by atoms with E-state index in [0.29, 0.717) is 17.7 Å². The summed E-state index contributed by atoms with van der Waals surface area (Å²) in [5.41, 5.74) is 1.56. The second-order valence-corrected chi connectivity index (χ2v) is 9.65. The first-order valence-electron chi connectivity index (χ1n) is 11.3. The number of carbonyl (C=O) groups is 3. The number of thiophene rings is 1. The first-order chi connectivity index (χ1) is 15.4. The number of benzene rings is 1. The average molecular weight is 457 g/mol. The van der Waals surface area contributed by atoms with Gasteiger partial charge in [-0.05, 0) is 45.2 Å². The Hall–Kier alpha value is -2.67. The molecule has 2 aromatic rings. The van der Waals surface area contributed by atoms with Crippen LogP contribution in [0.5, 0.6) is 5.75 Å². The summed E-state index contributed by atoms with van der Waals surface area (Å²) in [6.45, 7) is 7.48. The molecule has 1 saturated heterocycles. The van der Waals surface area contributed by atoms with E-state index in [0.717, 1.165) is 41.2 Å². The summed E-state index contributed by atoms with van der Waals surface area (Å²) in [4.78, 5) is 41.4. The number of rotatable bonds is 10. The van der Waals surface area contributed by atoms with Gasteiger partial charge >= 0.3 is 0 Å². The smallest absolute Gasteiger partial charge is 0.260 e. The molecule has 7 heteroatoms. The number of hydrogen-bond donors (Lipinski definition) is 1. The van der Waals surface area contributed by atoms with Crippen LogP contribution in [0, 0.1) is 13.8 Å². The summed E-state index contributed by atoms with van der Waals surface area (Å²) in [6, 6.07) is 9.13. The van der Waals surface area contributed by atoms with Crippen molar-refractivity contribution in [1.29, 1.82) is 0 Å². The van der Waals surface area contributed by atoms with Gasteiger partial charge in [-0.3, -0.25) is 14.4 Å². The van der Waals surface area contributed by atoms with Gasteiger partial charge in [0.2, 0.25) is 5.91 Å². The highest BCUT2D eigenvalue weighted by Crippen LogP contribution is 2.28. The predicted octanol–water partition coefficient (Wildman–Crippen LogP) is 4.60. The van der Waals surface area contributed by atoms with Gasteiger partial charge in [-0.15, -0.1) is 11.3 Å². The molecule has 1 aliphatic rings. The number of aryl methyl sites for hydroxylation is 2. The molecule has 2 heterocycles. The highest BCUT2D eigenvalue weighted by Gasteiger charge is 2.21. The van der Waals surface area contributed by atoms with Gasteiger partial charge in [0.25, 0.3) is 5.91 Å². The van der Waals surface area contributed by atoms with E-state index in [-0.39, 0.29) is 43.1 Å². The Morgan fingerprint density at radius 3 is 2.50 bits per heavy atom. The summed E-state index contributed by atoms with van der Waals surface area (Å²) in [6.07, 6.45) is 3.07. The largest absolute Gasteiger partial charge is 0.483 e. The molecule has 1 N–H and O–H groups in total. The zero-order chi connectivity index (χ0) is 23.1. The third-order valence-electron chi connectivity index (χ3n) is 5.77. The van der Waals surface area contributed by atoms with Crippen LogP contribution >= 0.6 is 11.3 Å². The molecule has 1 aliphatic heterocycles. The van der Waals surface area contributed by atoms with E-state index in [4.69, 9.17) is 4.74 Å². The molecule has 0 radical (unpaired) electrons. The molecule has 3 rings (SSSR count). The van der Waals surface area contributed by atoms with E-state index >= 15 is 0 Å². The highest BCUT2D eigenvalue weighted by molar-refractivity contribution is 7.12. The fraction of sp³-hybridized carbons (Fsp3) is 0.480. The molecule has 0 spiro atoms. The first kappa shape index (κ1) is 24.0. The highest BCUT2D eigenvalue weighted by atomic mass is 32.1. The number of para-hydroxylation sites is 1. The number of likely N-dealkylation sites (tertiary alicyclic amines) is 1. The number of carbonyl (C=O) groups excluding carboxylic acids is 3. The number of nitrogens with zero attached hydrogens (tertiary/aromatic N) is 1. The van der Waals surface area contributed by atoms with Gasteiger partial charge in [0, 0.05) is 46.8 Å². The molecule has 1 unspecified atom stereocenters. The lowest BCUT2D eigenvalue weighted by Crippen LogP contribution is -2.32. The summed E-state index contributed by atoms with van der Waals surface area (Å²) in [7, 11) is 0. The maximum Gasteiger partial charge on any atom is 0.260 e. The molecule has 1 fully saturated rings. The van der Waals surface area contributed by atoms with Gasteiger partial charge < -0.3 is 15.0 Å². The van der Waals surface area contributed by atoms with Gasteiger partial charge in [0.05, 0.1) is 6.04 Å². The second kappa shape index (κ2) is 11.3. The van der Waals surface area contributed by atoms with Crippen LogP contribution in [0.15, 0.2) is 30.3 Å². The van der Waals surface area contributed by atoms with Crippen molar-refractivity contribution in [3.63, 3.8) is 0 Å². The summed E-state index contributed by atoms with van der Waals surface area (Å²) in [5, 5.41) is 3.03. The summed E-state index contributed by atoms with van der Waals surface area (Å²) in [5.74, 6) is 0.427. The Bertz CT molecular complexity index is 963. The SMILES string of the molecule is CCC(NC(=O)CCC(=O)c1cc(C)sc1C)c1ccccc1OCC(=O)N1CCCC1. The van der Waals surface area contributed by atoms with Crippen molar-refractivity contribution in [3.8, 4) is 5.75 Å². The lowest BCUT2D eigenvalue weighted by atomic mass is 10.0. The summed E-state index contributed by atoms with van der Waals surface area (Å²) < 4.78 is 5.85. The quantitative estimate of drug-likeness (QED) is 0.530. The van der Waals surface area contributed by atoms with Crippen molar-refractivity contribution in [2.45, 2.75) is 58.9 Å². The van der Waals surface area contributed by atoms with Crippen LogP contribution in [-0.2, 0) is 9.59 Å². The van der Waals surface area contributed by atoms with Gasteiger partial charge in [0.15, 0.2) is 12.4 Å². The van der Waals surface area contributed by atoms with Crippen molar-refractivity contribution >= 4 is 28.9 Å². The van der Waals surface area contributed by atoms with Crippen molar-refractivity contribution in [3.05, 3.63) is 51.2 Å². The maximum atomic E-state index is 12.6. The minimum Gasteiger partial charge on any atom is -0.483 e. The van der Waals surface area contributed by atoms with E-state index in [1.807, 2.05) is 56.0 Å². The van der Waals surface area contributed by atoms with E-state index in [9.17, 15) is 14.4 Å². The Morgan fingerprint density at radius 2 is 1.84 bits per heavy atom. The number of nitrogens with one attached hydrogen (secondary N) is 1. The van der Waals surface area contributed by atoms with Crippen LogP contribution in [0.1, 0.15) is 70.7 Å². The maximum absolute atomic E-state index is 12.6. The average Bonchev–Trinajstić information content (AvgIpc) is 3.44. The normalized spacial score (nSPS) is 14.3. The number of ketones is 1. The van der Waals surface area contributed by atoms with Gasteiger partial charge in [-0.2, -0.15) is 0 Å². The Kier molecular flexibility index (Phi) is 8.45. The number of Topliss-reactive ketones (excluding diaryl/α,β-unsaturated/α-hetero) is 1. The second-order valence-electron chi connectivity index (χ2n) is 8.19. The topological polar surface area (TPSA) is 75.7 Å². The van der Waals surface area contributed by atoms with Crippen molar-refractivity contribution < 1.29 is 19.1 Å². The zero-order valence-electron chi connectivity index (χ0n) is 19.1. The first-order valence-corrected chi connectivity index (χ1v) is 12.1. The molecule has 172 valence electrons. The lowest BCUT2D eigenvalue weighted by molar-refractivity contribution is -0.132. The molecule has 0 saturated carbocycles. The van der Waals surface area contributed by atoms with E-state index < -0.39 is 0 Å². The van der Waals surface area contributed by atoms with Crippen LogP contribution in [0.4, 0.5) is 0 Å². The number of ether oxygens (including phenoxy) is 1. The number of amides is 2. The third-order valence-corrected chi connectivity index (χ3v) is 6.73. The van der Waals surface area contributed by atoms with E-state index in [1.165, 1.54) is 0 Å². The summed E-state index contributed by atoms with van der Waals surface area (Å²) >= 11 is 1.60. The fourth-order valence-electron chi connectivity index (χ4n) is 4.03. The molecule has 6 nitrogen and oxygen atoms in total. The molecule has 1 atom stereocenters. The van der Waals surface area contributed by atoms with Gasteiger partial charge in [0.1, 0.15) is 5.75 Å². The van der Waals surface area contributed by atoms with E-state index in [2.05, 4.69) is 5.32 Å². The molecule has 2 amide bonds. The third kappa shape index (κ3) is 6.19.